The van der Waals surface area contributed by atoms with Crippen molar-refractivity contribution in [2.45, 2.75) is 20.0 Å². The molecule has 0 spiro atoms. The number of carbonyl (C=O) groups is 1. The second kappa shape index (κ2) is 7.53. The van der Waals surface area contributed by atoms with Gasteiger partial charge in [-0.2, -0.15) is 0 Å². The number of benzene rings is 1. The Kier molecular flexibility index (Phi) is 5.69. The Bertz CT molecular complexity index is 787. The highest BCUT2D eigenvalue weighted by Crippen LogP contribution is 2.28. The summed E-state index contributed by atoms with van der Waals surface area (Å²) in [6.45, 7) is 2.76. The van der Waals surface area contributed by atoms with E-state index in [9.17, 15) is 9.59 Å². The number of nitrogens with one attached hydrogen (secondary N) is 1. The summed E-state index contributed by atoms with van der Waals surface area (Å²) in [6, 6.07) is 8.21. The molecule has 23 heavy (non-hydrogen) atoms. The quantitative estimate of drug-likeness (QED) is 0.910. The standard InChI is InChI=1S/C16H16Cl2N2O3/c1-3-20-11(9-19-16(22)23-2)7-12(21)8-15(20)10-4-5-13(17)14(18)6-10/h4-8H,3,9H2,1-2H3,(H,19,22). The molecule has 0 saturated carbocycles. The zero-order chi connectivity index (χ0) is 17.0. The number of halogens is 2. The number of amides is 1. The first-order valence-corrected chi connectivity index (χ1v) is 7.72. The Morgan fingerprint density at radius 2 is 1.96 bits per heavy atom. The summed E-state index contributed by atoms with van der Waals surface area (Å²) >= 11 is 12.0. The van der Waals surface area contributed by atoms with Crippen molar-refractivity contribution in [1.29, 1.82) is 0 Å². The molecule has 0 aliphatic rings. The molecule has 1 N–H and O–H groups in total. The minimum Gasteiger partial charge on any atom is -0.453 e. The predicted molar refractivity (Wildman–Crippen MR) is 91.1 cm³/mol. The van der Waals surface area contributed by atoms with Crippen LogP contribution in [0.1, 0.15) is 12.6 Å². The summed E-state index contributed by atoms with van der Waals surface area (Å²) in [4.78, 5) is 23.3. The van der Waals surface area contributed by atoms with Gasteiger partial charge in [-0.15, -0.1) is 0 Å². The van der Waals surface area contributed by atoms with Crippen LogP contribution in [0.5, 0.6) is 0 Å². The zero-order valence-electron chi connectivity index (χ0n) is 12.7. The number of hydrogen-bond donors (Lipinski definition) is 1. The molecule has 1 aromatic heterocycles. The normalized spacial score (nSPS) is 10.4. The first-order valence-electron chi connectivity index (χ1n) is 6.97. The number of nitrogens with zero attached hydrogens (tertiary/aromatic N) is 1. The fraction of sp³-hybridized carbons (Fsp3) is 0.250. The van der Waals surface area contributed by atoms with Crippen LogP contribution in [0.4, 0.5) is 4.79 Å². The molecule has 5 nitrogen and oxygen atoms in total. The summed E-state index contributed by atoms with van der Waals surface area (Å²) in [5.74, 6) is 0. The van der Waals surface area contributed by atoms with Crippen molar-refractivity contribution in [3.63, 3.8) is 0 Å². The van der Waals surface area contributed by atoms with E-state index in [1.54, 1.807) is 18.2 Å². The lowest BCUT2D eigenvalue weighted by Gasteiger charge is -2.18. The Hall–Kier alpha value is -1.98. The highest BCUT2D eigenvalue weighted by Gasteiger charge is 2.11. The number of hydrogen-bond acceptors (Lipinski definition) is 3. The molecule has 1 aromatic carbocycles. The molecule has 0 aliphatic carbocycles. The van der Waals surface area contributed by atoms with Crippen LogP contribution in [0.25, 0.3) is 11.3 Å². The van der Waals surface area contributed by atoms with E-state index >= 15 is 0 Å². The highest BCUT2D eigenvalue weighted by molar-refractivity contribution is 6.42. The topological polar surface area (TPSA) is 60.3 Å². The Morgan fingerprint density at radius 3 is 2.57 bits per heavy atom. The number of alkyl carbamates (subject to hydrolysis) is 1. The molecule has 0 bridgehead atoms. The lowest BCUT2D eigenvalue weighted by atomic mass is 10.1. The smallest absolute Gasteiger partial charge is 0.407 e. The van der Waals surface area contributed by atoms with Gasteiger partial charge in [-0.1, -0.05) is 29.3 Å². The van der Waals surface area contributed by atoms with E-state index in [2.05, 4.69) is 10.1 Å². The fourth-order valence-electron chi connectivity index (χ4n) is 2.30. The predicted octanol–water partition coefficient (Wildman–Crippen LogP) is 3.70. The van der Waals surface area contributed by atoms with Gasteiger partial charge in [0.15, 0.2) is 5.43 Å². The molecule has 0 fully saturated rings. The molecular weight excluding hydrogens is 339 g/mol. The highest BCUT2D eigenvalue weighted by atomic mass is 35.5. The summed E-state index contributed by atoms with van der Waals surface area (Å²) in [6.07, 6.45) is -0.556. The molecule has 7 heteroatoms. The van der Waals surface area contributed by atoms with Crippen LogP contribution < -0.4 is 10.7 Å². The van der Waals surface area contributed by atoms with Crippen LogP contribution in [-0.4, -0.2) is 17.8 Å². The number of ether oxygens (including phenoxy) is 1. The van der Waals surface area contributed by atoms with E-state index in [1.165, 1.54) is 19.2 Å². The summed E-state index contributed by atoms with van der Waals surface area (Å²) in [5.41, 5.74) is 2.00. The number of methoxy groups -OCH3 is 1. The van der Waals surface area contributed by atoms with Crippen molar-refractivity contribution >= 4 is 29.3 Å². The largest absolute Gasteiger partial charge is 0.453 e. The van der Waals surface area contributed by atoms with Crippen molar-refractivity contribution in [1.82, 2.24) is 9.88 Å². The minimum atomic E-state index is -0.556. The molecule has 2 rings (SSSR count). The van der Waals surface area contributed by atoms with Gasteiger partial charge in [0.1, 0.15) is 0 Å². The third-order valence-corrected chi connectivity index (χ3v) is 4.10. The van der Waals surface area contributed by atoms with Crippen molar-refractivity contribution in [3.05, 3.63) is 56.3 Å². The van der Waals surface area contributed by atoms with Crippen LogP contribution >= 0.6 is 23.2 Å². The van der Waals surface area contributed by atoms with Gasteiger partial charge in [-0.3, -0.25) is 4.79 Å². The van der Waals surface area contributed by atoms with Gasteiger partial charge in [0.25, 0.3) is 0 Å². The summed E-state index contributed by atoms with van der Waals surface area (Å²) < 4.78 is 6.48. The number of aromatic nitrogens is 1. The van der Waals surface area contributed by atoms with Gasteiger partial charge >= 0.3 is 6.09 Å². The van der Waals surface area contributed by atoms with E-state index in [-0.39, 0.29) is 12.0 Å². The van der Waals surface area contributed by atoms with Crippen molar-refractivity contribution in [3.8, 4) is 11.3 Å². The maximum Gasteiger partial charge on any atom is 0.407 e. The van der Waals surface area contributed by atoms with E-state index in [4.69, 9.17) is 23.2 Å². The molecule has 1 amide bonds. The van der Waals surface area contributed by atoms with Crippen LogP contribution in [0.2, 0.25) is 10.0 Å². The number of pyridine rings is 1. The van der Waals surface area contributed by atoms with Crippen molar-refractivity contribution < 1.29 is 9.53 Å². The SMILES string of the molecule is CCn1c(CNC(=O)OC)cc(=O)cc1-c1ccc(Cl)c(Cl)c1. The van der Waals surface area contributed by atoms with Gasteiger partial charge in [0.05, 0.1) is 29.4 Å². The molecule has 0 radical (unpaired) electrons. The monoisotopic (exact) mass is 354 g/mol. The molecule has 0 atom stereocenters. The molecule has 0 saturated heterocycles. The minimum absolute atomic E-state index is 0.155. The maximum atomic E-state index is 12.0. The maximum absolute atomic E-state index is 12.0. The average molecular weight is 355 g/mol. The summed E-state index contributed by atoms with van der Waals surface area (Å²) in [7, 11) is 1.29. The third kappa shape index (κ3) is 4.06. The van der Waals surface area contributed by atoms with Gasteiger partial charge in [0.2, 0.25) is 0 Å². The second-order valence-corrected chi connectivity index (χ2v) is 5.60. The first-order chi connectivity index (χ1) is 11.0. The Morgan fingerprint density at radius 1 is 1.22 bits per heavy atom. The lowest BCUT2D eigenvalue weighted by Crippen LogP contribution is -2.26. The van der Waals surface area contributed by atoms with Gasteiger partial charge in [-0.25, -0.2) is 4.79 Å². The molecule has 0 aliphatic heterocycles. The van der Waals surface area contributed by atoms with Crippen LogP contribution in [0.15, 0.2) is 35.1 Å². The number of rotatable bonds is 4. The van der Waals surface area contributed by atoms with Gasteiger partial charge in [0, 0.05) is 24.4 Å². The molecule has 2 aromatic rings. The van der Waals surface area contributed by atoms with Gasteiger partial charge < -0.3 is 14.6 Å². The van der Waals surface area contributed by atoms with Crippen LogP contribution in [-0.2, 0) is 17.8 Å². The lowest BCUT2D eigenvalue weighted by molar-refractivity contribution is 0.170. The molecular formula is C16H16Cl2N2O3. The average Bonchev–Trinajstić information content (AvgIpc) is 2.54. The molecule has 122 valence electrons. The van der Waals surface area contributed by atoms with E-state index in [0.29, 0.717) is 28.0 Å². The third-order valence-electron chi connectivity index (χ3n) is 3.36. The summed E-state index contributed by atoms with van der Waals surface area (Å²) in [5, 5.41) is 3.44. The zero-order valence-corrected chi connectivity index (χ0v) is 14.2. The van der Waals surface area contributed by atoms with Gasteiger partial charge in [-0.05, 0) is 24.6 Å². The number of carbonyl (C=O) groups excluding carboxylic acids is 1. The second-order valence-electron chi connectivity index (χ2n) is 4.79. The Balaban J connectivity index is 2.50. The van der Waals surface area contributed by atoms with Crippen LogP contribution in [0.3, 0.4) is 0 Å². The van der Waals surface area contributed by atoms with Crippen molar-refractivity contribution in [2.75, 3.05) is 7.11 Å². The van der Waals surface area contributed by atoms with Crippen LogP contribution in [0, 0.1) is 0 Å². The van der Waals surface area contributed by atoms with E-state index in [0.717, 1.165) is 5.56 Å². The molecule has 1 heterocycles. The first kappa shape index (κ1) is 17.4. The van der Waals surface area contributed by atoms with E-state index in [1.807, 2.05) is 11.5 Å². The van der Waals surface area contributed by atoms with Crippen molar-refractivity contribution in [2.24, 2.45) is 0 Å². The Labute approximate surface area is 143 Å². The molecule has 0 unspecified atom stereocenters. The fourth-order valence-corrected chi connectivity index (χ4v) is 2.60. The van der Waals surface area contributed by atoms with E-state index < -0.39 is 6.09 Å².